The van der Waals surface area contributed by atoms with E-state index < -0.39 is 11.6 Å². The Kier molecular flexibility index (Phi) is 2.04. The van der Waals surface area contributed by atoms with Crippen molar-refractivity contribution in [1.82, 2.24) is 5.32 Å². The second kappa shape index (κ2) is 3.07. The van der Waals surface area contributed by atoms with Gasteiger partial charge in [-0.1, -0.05) is 0 Å². The molecule has 1 aromatic carbocycles. The molecule has 0 spiro atoms. The Morgan fingerprint density at radius 2 is 2.08 bits per heavy atom. The Morgan fingerprint density at radius 1 is 1.31 bits per heavy atom. The Labute approximate surface area is 75.8 Å². The lowest BCUT2D eigenvalue weighted by atomic mass is 9.96. The highest BCUT2D eigenvalue weighted by molar-refractivity contribution is 5.37. The summed E-state index contributed by atoms with van der Waals surface area (Å²) in [7, 11) is 0. The molecule has 1 aliphatic rings. The van der Waals surface area contributed by atoms with Gasteiger partial charge in [-0.2, -0.15) is 0 Å². The van der Waals surface area contributed by atoms with E-state index in [9.17, 15) is 8.78 Å². The first kappa shape index (κ1) is 8.63. The monoisotopic (exact) mass is 183 g/mol. The van der Waals surface area contributed by atoms with Crippen LogP contribution in [0.15, 0.2) is 6.07 Å². The molecule has 0 radical (unpaired) electrons. The van der Waals surface area contributed by atoms with Crippen molar-refractivity contribution in [1.29, 1.82) is 0 Å². The lowest BCUT2D eigenvalue weighted by molar-refractivity contribution is 0.484. The third kappa shape index (κ3) is 1.33. The molecule has 0 saturated heterocycles. The minimum absolute atomic E-state index is 0.552. The van der Waals surface area contributed by atoms with Crippen molar-refractivity contribution in [3.8, 4) is 0 Å². The van der Waals surface area contributed by atoms with E-state index in [4.69, 9.17) is 0 Å². The molecule has 0 saturated carbocycles. The first-order chi connectivity index (χ1) is 6.20. The third-order valence-electron chi connectivity index (χ3n) is 2.51. The molecule has 0 unspecified atom stereocenters. The first-order valence-corrected chi connectivity index (χ1v) is 4.37. The van der Waals surface area contributed by atoms with Gasteiger partial charge in [-0.25, -0.2) is 8.78 Å². The molecular formula is C10H11F2N. The minimum Gasteiger partial charge on any atom is -0.312 e. The van der Waals surface area contributed by atoms with Crippen molar-refractivity contribution in [2.75, 3.05) is 6.54 Å². The SMILES string of the molecule is Cc1cc(F)c(F)c2c1CNCC2. The van der Waals surface area contributed by atoms with Crippen molar-refractivity contribution >= 4 is 0 Å². The molecule has 2 rings (SSSR count). The van der Waals surface area contributed by atoms with Crippen LogP contribution in [0.5, 0.6) is 0 Å². The average molecular weight is 183 g/mol. The van der Waals surface area contributed by atoms with E-state index in [1.54, 1.807) is 0 Å². The molecule has 1 N–H and O–H groups in total. The van der Waals surface area contributed by atoms with E-state index in [1.165, 1.54) is 6.07 Å². The molecule has 0 aromatic heterocycles. The zero-order chi connectivity index (χ0) is 9.42. The van der Waals surface area contributed by atoms with Crippen molar-refractivity contribution in [3.05, 3.63) is 34.4 Å². The number of hydrogen-bond donors (Lipinski definition) is 1. The molecule has 1 aliphatic heterocycles. The number of nitrogens with one attached hydrogen (secondary N) is 1. The fraction of sp³-hybridized carbons (Fsp3) is 0.400. The van der Waals surface area contributed by atoms with Gasteiger partial charge in [0.15, 0.2) is 11.6 Å². The largest absolute Gasteiger partial charge is 0.312 e. The summed E-state index contributed by atoms with van der Waals surface area (Å²) in [6.07, 6.45) is 0.583. The van der Waals surface area contributed by atoms with Crippen molar-refractivity contribution in [2.45, 2.75) is 19.9 Å². The summed E-state index contributed by atoms with van der Waals surface area (Å²) in [4.78, 5) is 0. The maximum absolute atomic E-state index is 13.3. The Morgan fingerprint density at radius 3 is 2.85 bits per heavy atom. The highest BCUT2D eigenvalue weighted by atomic mass is 19.2. The first-order valence-electron chi connectivity index (χ1n) is 4.37. The predicted octanol–water partition coefficient (Wildman–Crippen LogP) is 1.92. The highest BCUT2D eigenvalue weighted by Crippen LogP contribution is 2.23. The second-order valence-corrected chi connectivity index (χ2v) is 3.37. The molecule has 13 heavy (non-hydrogen) atoms. The Balaban J connectivity index is 2.63. The molecule has 0 amide bonds. The van der Waals surface area contributed by atoms with Gasteiger partial charge >= 0.3 is 0 Å². The average Bonchev–Trinajstić information content (AvgIpc) is 2.15. The summed E-state index contributed by atoms with van der Waals surface area (Å²) in [6, 6.07) is 1.27. The van der Waals surface area contributed by atoms with Crippen LogP contribution in [0.3, 0.4) is 0 Å². The predicted molar refractivity (Wildman–Crippen MR) is 46.5 cm³/mol. The van der Waals surface area contributed by atoms with E-state index >= 15 is 0 Å². The number of rotatable bonds is 0. The number of hydrogen-bond acceptors (Lipinski definition) is 1. The fourth-order valence-corrected chi connectivity index (χ4v) is 1.79. The van der Waals surface area contributed by atoms with Crippen molar-refractivity contribution < 1.29 is 8.78 Å². The summed E-state index contributed by atoms with van der Waals surface area (Å²) in [5.74, 6) is -1.39. The molecular weight excluding hydrogens is 172 g/mol. The number of halogens is 2. The van der Waals surface area contributed by atoms with Crippen LogP contribution >= 0.6 is 0 Å². The fourth-order valence-electron chi connectivity index (χ4n) is 1.79. The van der Waals surface area contributed by atoms with Gasteiger partial charge in [0.1, 0.15) is 0 Å². The maximum atomic E-state index is 13.3. The summed E-state index contributed by atoms with van der Waals surface area (Å²) >= 11 is 0. The lowest BCUT2D eigenvalue weighted by Crippen LogP contribution is -2.25. The zero-order valence-corrected chi connectivity index (χ0v) is 7.45. The van der Waals surface area contributed by atoms with E-state index in [1.807, 2.05) is 6.92 Å². The molecule has 0 atom stereocenters. The van der Waals surface area contributed by atoms with Crippen molar-refractivity contribution in [2.24, 2.45) is 0 Å². The Bertz CT molecular complexity index is 347. The topological polar surface area (TPSA) is 12.0 Å². The van der Waals surface area contributed by atoms with Crippen molar-refractivity contribution in [3.63, 3.8) is 0 Å². The van der Waals surface area contributed by atoms with E-state index in [0.29, 0.717) is 18.5 Å². The molecule has 1 nitrogen and oxygen atoms in total. The molecule has 0 fully saturated rings. The summed E-state index contributed by atoms with van der Waals surface area (Å²) < 4.78 is 26.2. The van der Waals surface area contributed by atoms with Gasteiger partial charge < -0.3 is 5.32 Å². The standard InChI is InChI=1S/C10H11F2N/c1-6-4-9(11)10(12)7-2-3-13-5-8(6)7/h4,13H,2-3,5H2,1H3. The minimum atomic E-state index is -0.724. The van der Waals surface area contributed by atoms with Crippen LogP contribution in [0.1, 0.15) is 16.7 Å². The van der Waals surface area contributed by atoms with Gasteiger partial charge in [0.25, 0.3) is 0 Å². The van der Waals surface area contributed by atoms with Crippen LogP contribution in [-0.4, -0.2) is 6.54 Å². The quantitative estimate of drug-likeness (QED) is 0.648. The van der Waals surface area contributed by atoms with Gasteiger partial charge in [-0.15, -0.1) is 0 Å². The number of benzene rings is 1. The zero-order valence-electron chi connectivity index (χ0n) is 7.45. The smallest absolute Gasteiger partial charge is 0.162 e. The maximum Gasteiger partial charge on any atom is 0.162 e. The van der Waals surface area contributed by atoms with Crippen LogP contribution in [0.2, 0.25) is 0 Å². The highest BCUT2D eigenvalue weighted by Gasteiger charge is 2.18. The van der Waals surface area contributed by atoms with Crippen LogP contribution in [0.4, 0.5) is 8.78 Å². The molecule has 1 heterocycles. The van der Waals surface area contributed by atoms with Crippen LogP contribution in [-0.2, 0) is 13.0 Å². The van der Waals surface area contributed by atoms with E-state index in [2.05, 4.69) is 5.32 Å². The van der Waals surface area contributed by atoms with Gasteiger partial charge in [-0.05, 0) is 42.6 Å². The van der Waals surface area contributed by atoms with Crippen LogP contribution in [0, 0.1) is 18.6 Å². The molecule has 1 aromatic rings. The van der Waals surface area contributed by atoms with Crippen LogP contribution in [0.25, 0.3) is 0 Å². The molecule has 3 heteroatoms. The molecule has 70 valence electrons. The summed E-state index contributed by atoms with van der Waals surface area (Å²) in [5.41, 5.74) is 2.31. The van der Waals surface area contributed by atoms with Crippen LogP contribution < -0.4 is 5.32 Å². The van der Waals surface area contributed by atoms with E-state index in [0.717, 1.165) is 17.7 Å². The van der Waals surface area contributed by atoms with Gasteiger partial charge in [0, 0.05) is 6.54 Å². The third-order valence-corrected chi connectivity index (χ3v) is 2.51. The Hall–Kier alpha value is -0.960. The van der Waals surface area contributed by atoms with E-state index in [-0.39, 0.29) is 0 Å². The summed E-state index contributed by atoms with van der Waals surface area (Å²) in [5, 5.41) is 3.14. The lowest BCUT2D eigenvalue weighted by Gasteiger charge is -2.19. The molecule has 0 bridgehead atoms. The van der Waals surface area contributed by atoms with Gasteiger partial charge in [-0.3, -0.25) is 0 Å². The molecule has 0 aliphatic carbocycles. The van der Waals surface area contributed by atoms with Gasteiger partial charge in [0.05, 0.1) is 0 Å². The van der Waals surface area contributed by atoms with Gasteiger partial charge in [0.2, 0.25) is 0 Å². The number of fused-ring (bicyclic) bond motifs is 1. The second-order valence-electron chi connectivity index (χ2n) is 3.37. The summed E-state index contributed by atoms with van der Waals surface area (Å²) in [6.45, 7) is 3.19. The number of aryl methyl sites for hydroxylation is 1. The normalized spacial score (nSPS) is 15.6.